The third-order valence-electron chi connectivity index (χ3n) is 2.10. The first kappa shape index (κ1) is 10.8. The van der Waals surface area contributed by atoms with Gasteiger partial charge in [-0.3, -0.25) is 0 Å². The molecule has 0 fully saturated rings. The average molecular weight is 186 g/mol. The van der Waals surface area contributed by atoms with Crippen LogP contribution in [0.4, 0.5) is 0 Å². The fourth-order valence-electron chi connectivity index (χ4n) is 1.48. The van der Waals surface area contributed by atoms with Crippen LogP contribution in [0.1, 0.15) is 33.3 Å². The summed E-state index contributed by atoms with van der Waals surface area (Å²) in [6, 6.07) is 10.4. The number of hydrogen-bond donors (Lipinski definition) is 0. The number of rotatable bonds is 1. The molecular formula is C14H18. The van der Waals surface area contributed by atoms with Crippen LogP contribution < -0.4 is 0 Å². The van der Waals surface area contributed by atoms with Crippen molar-refractivity contribution >= 4 is 5.57 Å². The molecule has 1 aromatic carbocycles. The third kappa shape index (κ3) is 2.61. The Bertz CT molecular complexity index is 343. The molecule has 0 N–H and O–H groups in total. The van der Waals surface area contributed by atoms with Gasteiger partial charge in [-0.15, -0.1) is 5.73 Å². The predicted octanol–water partition coefficient (Wildman–Crippen LogP) is 4.29. The van der Waals surface area contributed by atoms with Gasteiger partial charge in [0.25, 0.3) is 0 Å². The molecule has 14 heavy (non-hydrogen) atoms. The maximum atomic E-state index is 3.33. The van der Waals surface area contributed by atoms with E-state index in [1.807, 2.05) is 19.1 Å². The minimum absolute atomic E-state index is 0.147. The van der Waals surface area contributed by atoms with E-state index in [4.69, 9.17) is 0 Å². The smallest absolute Gasteiger partial charge is 0.00622 e. The van der Waals surface area contributed by atoms with Gasteiger partial charge in [0.15, 0.2) is 0 Å². The molecule has 0 nitrogen and oxygen atoms in total. The molecule has 0 aliphatic carbocycles. The lowest BCUT2D eigenvalue weighted by Gasteiger charge is -2.21. The van der Waals surface area contributed by atoms with Crippen molar-refractivity contribution in [2.45, 2.75) is 27.7 Å². The molecule has 1 rings (SSSR count). The molecule has 0 heterocycles. The predicted molar refractivity (Wildman–Crippen MR) is 63.1 cm³/mol. The number of benzene rings is 1. The second-order valence-corrected chi connectivity index (χ2v) is 4.42. The Kier molecular flexibility index (Phi) is 3.33. The molecule has 0 amide bonds. The lowest BCUT2D eigenvalue weighted by molar-refractivity contribution is 0.567. The van der Waals surface area contributed by atoms with E-state index in [0.29, 0.717) is 0 Å². The summed E-state index contributed by atoms with van der Waals surface area (Å²) >= 11 is 0. The highest BCUT2D eigenvalue weighted by Gasteiger charge is 2.17. The van der Waals surface area contributed by atoms with Gasteiger partial charge in [-0.25, -0.2) is 0 Å². The van der Waals surface area contributed by atoms with Gasteiger partial charge in [-0.1, -0.05) is 51.1 Å². The van der Waals surface area contributed by atoms with E-state index in [2.05, 4.69) is 50.8 Å². The Morgan fingerprint density at radius 1 is 1.14 bits per heavy atom. The van der Waals surface area contributed by atoms with Gasteiger partial charge in [0.05, 0.1) is 0 Å². The highest BCUT2D eigenvalue weighted by molar-refractivity contribution is 5.68. The van der Waals surface area contributed by atoms with Crippen LogP contribution in [-0.2, 0) is 0 Å². The third-order valence-corrected chi connectivity index (χ3v) is 2.10. The topological polar surface area (TPSA) is 0 Å². The van der Waals surface area contributed by atoms with Gasteiger partial charge in [0.2, 0.25) is 0 Å². The van der Waals surface area contributed by atoms with Crippen molar-refractivity contribution in [3.8, 4) is 0 Å². The first-order valence-corrected chi connectivity index (χ1v) is 5.03. The van der Waals surface area contributed by atoms with E-state index in [9.17, 15) is 0 Å². The number of allylic oxidation sites excluding steroid dienone is 1. The monoisotopic (exact) mass is 186 g/mol. The molecule has 0 unspecified atom stereocenters. The summed E-state index contributed by atoms with van der Waals surface area (Å²) in [5.41, 5.74) is 6.00. The van der Waals surface area contributed by atoms with Gasteiger partial charge in [-0.2, -0.15) is 0 Å². The summed E-state index contributed by atoms with van der Waals surface area (Å²) in [6.07, 6.45) is 1.98. The summed E-state index contributed by atoms with van der Waals surface area (Å²) in [5, 5.41) is 0. The van der Waals surface area contributed by atoms with Gasteiger partial charge in [0, 0.05) is 5.57 Å². The highest BCUT2D eigenvalue weighted by atomic mass is 14.2. The minimum Gasteiger partial charge on any atom is -0.121 e. The second kappa shape index (κ2) is 4.30. The van der Waals surface area contributed by atoms with Crippen LogP contribution in [0.5, 0.6) is 0 Å². The molecule has 0 bridgehead atoms. The van der Waals surface area contributed by atoms with E-state index < -0.39 is 0 Å². The first-order chi connectivity index (χ1) is 6.55. The summed E-state index contributed by atoms with van der Waals surface area (Å²) in [7, 11) is 0. The molecule has 0 spiro atoms. The molecule has 1 aromatic rings. The molecule has 0 aromatic heterocycles. The van der Waals surface area contributed by atoms with Crippen molar-refractivity contribution in [3.05, 3.63) is 47.7 Å². The van der Waals surface area contributed by atoms with Crippen LogP contribution in [-0.4, -0.2) is 0 Å². The lowest BCUT2D eigenvalue weighted by atomic mass is 9.83. The first-order valence-electron chi connectivity index (χ1n) is 5.03. The molecule has 0 heteroatoms. The van der Waals surface area contributed by atoms with Crippen LogP contribution in [0.2, 0.25) is 0 Å². The normalized spacial score (nSPS) is 10.6. The highest BCUT2D eigenvalue weighted by Crippen LogP contribution is 2.32. The summed E-state index contributed by atoms with van der Waals surface area (Å²) < 4.78 is 0. The largest absolute Gasteiger partial charge is 0.121 e. The van der Waals surface area contributed by atoms with Crippen molar-refractivity contribution < 1.29 is 0 Å². The van der Waals surface area contributed by atoms with Gasteiger partial charge in [-0.05, 0) is 24.0 Å². The zero-order valence-electron chi connectivity index (χ0n) is 9.46. The fourth-order valence-corrected chi connectivity index (χ4v) is 1.48. The Hall–Kier alpha value is -1.26. The molecule has 0 saturated heterocycles. The Balaban J connectivity index is 3.23. The maximum absolute atomic E-state index is 3.33. The van der Waals surface area contributed by atoms with Crippen LogP contribution in [0.3, 0.4) is 0 Å². The molecule has 0 saturated carbocycles. The van der Waals surface area contributed by atoms with Crippen LogP contribution in [0.15, 0.2) is 42.1 Å². The lowest BCUT2D eigenvalue weighted by Crippen LogP contribution is -2.07. The van der Waals surface area contributed by atoms with E-state index in [0.717, 1.165) is 0 Å². The van der Waals surface area contributed by atoms with Crippen molar-refractivity contribution in [2.75, 3.05) is 0 Å². The SMILES string of the molecule is CC=C=C(c1ccccc1)C(C)(C)C. The molecule has 74 valence electrons. The van der Waals surface area contributed by atoms with Crippen molar-refractivity contribution in [3.63, 3.8) is 0 Å². The Labute approximate surface area is 87.0 Å². The standard InChI is InChI=1S/C14H18/c1-5-9-13(14(2,3)4)12-10-7-6-8-11-12/h5-8,10-11H,1-4H3. The molecular weight excluding hydrogens is 168 g/mol. The van der Waals surface area contributed by atoms with E-state index in [-0.39, 0.29) is 5.41 Å². The fraction of sp³-hybridized carbons (Fsp3) is 0.357. The van der Waals surface area contributed by atoms with Crippen LogP contribution in [0, 0.1) is 5.41 Å². The van der Waals surface area contributed by atoms with Crippen LogP contribution in [0.25, 0.3) is 5.57 Å². The molecule has 0 radical (unpaired) electrons. The molecule has 0 aliphatic rings. The van der Waals surface area contributed by atoms with Crippen LogP contribution >= 0.6 is 0 Å². The minimum atomic E-state index is 0.147. The van der Waals surface area contributed by atoms with E-state index >= 15 is 0 Å². The van der Waals surface area contributed by atoms with E-state index in [1.165, 1.54) is 11.1 Å². The zero-order valence-corrected chi connectivity index (χ0v) is 9.46. The van der Waals surface area contributed by atoms with Crippen molar-refractivity contribution in [1.82, 2.24) is 0 Å². The van der Waals surface area contributed by atoms with Gasteiger partial charge >= 0.3 is 0 Å². The van der Waals surface area contributed by atoms with Crippen molar-refractivity contribution in [2.24, 2.45) is 5.41 Å². The Morgan fingerprint density at radius 3 is 2.14 bits per heavy atom. The number of hydrogen-bond acceptors (Lipinski definition) is 0. The van der Waals surface area contributed by atoms with Gasteiger partial charge in [0.1, 0.15) is 0 Å². The summed E-state index contributed by atoms with van der Waals surface area (Å²) in [6.45, 7) is 8.65. The zero-order chi connectivity index (χ0) is 10.6. The maximum Gasteiger partial charge on any atom is 0.00622 e. The summed E-state index contributed by atoms with van der Waals surface area (Å²) in [4.78, 5) is 0. The molecule has 0 aliphatic heterocycles. The quantitative estimate of drug-likeness (QED) is 0.574. The second-order valence-electron chi connectivity index (χ2n) is 4.42. The van der Waals surface area contributed by atoms with E-state index in [1.54, 1.807) is 0 Å². The van der Waals surface area contributed by atoms with Crippen molar-refractivity contribution in [1.29, 1.82) is 0 Å². The van der Waals surface area contributed by atoms with Gasteiger partial charge < -0.3 is 0 Å². The Morgan fingerprint density at radius 2 is 1.71 bits per heavy atom. The average Bonchev–Trinajstić information content (AvgIpc) is 2.14. The summed E-state index contributed by atoms with van der Waals surface area (Å²) in [5.74, 6) is 0. The molecule has 0 atom stereocenters.